The molecule has 1 atom stereocenters. The Morgan fingerprint density at radius 2 is 1.74 bits per heavy atom. The topological polar surface area (TPSA) is 17.1 Å². The van der Waals surface area contributed by atoms with Gasteiger partial charge in [-0.15, -0.1) is 0 Å². The number of hydrogen-bond donors (Lipinski definition) is 0. The van der Waals surface area contributed by atoms with Gasteiger partial charge in [0.1, 0.15) is 5.92 Å². The molecular weight excluding hydrogens is 253 g/mol. The number of Topliss-reactive ketones (excluding diaryl/α,β-unsaturated/α-hetero) is 1. The molecule has 0 amide bonds. The van der Waals surface area contributed by atoms with Gasteiger partial charge in [0.15, 0.2) is 5.78 Å². The van der Waals surface area contributed by atoms with Crippen LogP contribution in [0.2, 0.25) is 0 Å². The van der Waals surface area contributed by atoms with Gasteiger partial charge in [-0.2, -0.15) is 13.2 Å². The molecule has 0 saturated heterocycles. The number of halogens is 3. The van der Waals surface area contributed by atoms with Crippen LogP contribution >= 0.6 is 0 Å². The monoisotopic (exact) mass is 263 g/mol. The SMILES string of the molecule is O=C(c1c[c]ccc1)[C@H](c1ccccc1)C(F)(F)F. The van der Waals surface area contributed by atoms with E-state index in [0.717, 1.165) is 0 Å². The smallest absolute Gasteiger partial charge is 0.293 e. The molecule has 2 aromatic rings. The maximum Gasteiger partial charge on any atom is 0.402 e. The average molecular weight is 263 g/mol. The fraction of sp³-hybridized carbons (Fsp3) is 0.133. The summed E-state index contributed by atoms with van der Waals surface area (Å²) in [4.78, 5) is 12.1. The molecule has 0 aliphatic rings. The van der Waals surface area contributed by atoms with Gasteiger partial charge in [-0.3, -0.25) is 4.79 Å². The van der Waals surface area contributed by atoms with Crippen molar-refractivity contribution in [3.63, 3.8) is 0 Å². The normalized spacial score (nSPS) is 13.0. The fourth-order valence-corrected chi connectivity index (χ4v) is 1.85. The van der Waals surface area contributed by atoms with Gasteiger partial charge in [-0.05, 0) is 17.7 Å². The van der Waals surface area contributed by atoms with E-state index in [1.165, 1.54) is 48.5 Å². The molecule has 4 heteroatoms. The minimum Gasteiger partial charge on any atom is -0.293 e. The molecule has 2 aromatic carbocycles. The highest BCUT2D eigenvalue weighted by molar-refractivity contribution is 6.01. The van der Waals surface area contributed by atoms with Gasteiger partial charge >= 0.3 is 6.18 Å². The molecule has 1 radical (unpaired) electrons. The first-order valence-corrected chi connectivity index (χ1v) is 5.62. The van der Waals surface area contributed by atoms with Gasteiger partial charge < -0.3 is 0 Å². The van der Waals surface area contributed by atoms with E-state index < -0.39 is 17.9 Å². The predicted octanol–water partition coefficient (Wildman–Crippen LogP) is 4.02. The Kier molecular flexibility index (Phi) is 3.69. The fourth-order valence-electron chi connectivity index (χ4n) is 1.85. The average Bonchev–Trinajstić information content (AvgIpc) is 2.39. The van der Waals surface area contributed by atoms with Gasteiger partial charge in [0.2, 0.25) is 0 Å². The van der Waals surface area contributed by atoms with Crippen LogP contribution in [0.5, 0.6) is 0 Å². The van der Waals surface area contributed by atoms with Crippen LogP contribution in [0, 0.1) is 6.07 Å². The molecular formula is C15H10F3O. The van der Waals surface area contributed by atoms with Crippen molar-refractivity contribution in [3.05, 3.63) is 71.8 Å². The molecule has 0 unspecified atom stereocenters. The van der Waals surface area contributed by atoms with Crippen molar-refractivity contribution in [2.45, 2.75) is 12.1 Å². The first kappa shape index (κ1) is 13.3. The first-order valence-electron chi connectivity index (χ1n) is 5.62. The summed E-state index contributed by atoms with van der Waals surface area (Å²) in [5, 5.41) is 0. The maximum atomic E-state index is 13.1. The number of alkyl halides is 3. The summed E-state index contributed by atoms with van der Waals surface area (Å²) in [6.45, 7) is 0. The number of hydrogen-bond acceptors (Lipinski definition) is 1. The van der Waals surface area contributed by atoms with E-state index in [1.54, 1.807) is 6.07 Å². The summed E-state index contributed by atoms with van der Waals surface area (Å²) in [6.07, 6.45) is -4.62. The molecule has 0 aliphatic heterocycles. The van der Waals surface area contributed by atoms with Gasteiger partial charge in [0.25, 0.3) is 0 Å². The van der Waals surface area contributed by atoms with Crippen molar-refractivity contribution in [2.24, 2.45) is 0 Å². The van der Waals surface area contributed by atoms with Crippen LogP contribution in [0.15, 0.2) is 54.6 Å². The minimum atomic E-state index is -4.62. The standard InChI is InChI=1S/C15H10F3O/c16-15(17,18)13(11-7-3-1-4-8-11)14(19)12-9-5-2-6-10-12/h1-5,7-10,13H/t13-/m0/s1. The highest BCUT2D eigenvalue weighted by atomic mass is 19.4. The van der Waals surface area contributed by atoms with E-state index in [4.69, 9.17) is 0 Å². The number of rotatable bonds is 3. The summed E-state index contributed by atoms with van der Waals surface area (Å²) >= 11 is 0. The third kappa shape index (κ3) is 3.02. The molecule has 0 heterocycles. The molecule has 2 rings (SSSR count). The maximum absolute atomic E-state index is 13.1. The summed E-state index contributed by atoms with van der Waals surface area (Å²) in [7, 11) is 0. The van der Waals surface area contributed by atoms with Crippen molar-refractivity contribution < 1.29 is 18.0 Å². The number of benzene rings is 2. The molecule has 0 saturated carbocycles. The molecule has 0 N–H and O–H groups in total. The second-order valence-electron chi connectivity index (χ2n) is 4.04. The zero-order chi connectivity index (χ0) is 13.9. The largest absolute Gasteiger partial charge is 0.402 e. The Hall–Kier alpha value is -2.10. The van der Waals surface area contributed by atoms with Crippen LogP contribution in [0.25, 0.3) is 0 Å². The number of carbonyl (C=O) groups excluding carboxylic acids is 1. The van der Waals surface area contributed by atoms with E-state index in [0.29, 0.717) is 0 Å². The van der Waals surface area contributed by atoms with Gasteiger partial charge in [-0.1, -0.05) is 48.5 Å². The number of ketones is 1. The summed E-state index contributed by atoms with van der Waals surface area (Å²) in [5.74, 6) is -3.10. The second kappa shape index (κ2) is 5.26. The Morgan fingerprint density at radius 1 is 1.05 bits per heavy atom. The van der Waals surface area contributed by atoms with Gasteiger partial charge in [-0.25, -0.2) is 0 Å². The van der Waals surface area contributed by atoms with Gasteiger partial charge in [0.05, 0.1) is 0 Å². The molecule has 0 spiro atoms. The lowest BCUT2D eigenvalue weighted by molar-refractivity contribution is -0.139. The Morgan fingerprint density at radius 3 is 2.26 bits per heavy atom. The van der Waals surface area contributed by atoms with E-state index in [2.05, 4.69) is 6.07 Å². The highest BCUT2D eigenvalue weighted by Gasteiger charge is 2.45. The number of carbonyl (C=O) groups is 1. The van der Waals surface area contributed by atoms with E-state index >= 15 is 0 Å². The first-order chi connectivity index (χ1) is 9.00. The second-order valence-corrected chi connectivity index (χ2v) is 4.04. The Labute approximate surface area is 108 Å². The van der Waals surface area contributed by atoms with Crippen LogP contribution in [-0.4, -0.2) is 12.0 Å². The highest BCUT2D eigenvalue weighted by Crippen LogP contribution is 2.37. The van der Waals surface area contributed by atoms with E-state index in [1.807, 2.05) is 0 Å². The van der Waals surface area contributed by atoms with Crippen LogP contribution in [0.3, 0.4) is 0 Å². The van der Waals surface area contributed by atoms with Crippen molar-refractivity contribution in [3.8, 4) is 0 Å². The molecule has 0 fully saturated rings. The Bertz CT molecular complexity index is 547. The van der Waals surface area contributed by atoms with Crippen LogP contribution in [0.4, 0.5) is 13.2 Å². The zero-order valence-electron chi connectivity index (χ0n) is 9.82. The lowest BCUT2D eigenvalue weighted by Gasteiger charge is -2.19. The third-order valence-corrected chi connectivity index (χ3v) is 2.71. The molecule has 0 aromatic heterocycles. The van der Waals surface area contributed by atoms with Crippen molar-refractivity contribution in [1.29, 1.82) is 0 Å². The summed E-state index contributed by atoms with van der Waals surface area (Å²) in [5.41, 5.74) is -0.0440. The zero-order valence-corrected chi connectivity index (χ0v) is 9.82. The summed E-state index contributed by atoms with van der Waals surface area (Å²) < 4.78 is 39.3. The molecule has 97 valence electrons. The van der Waals surface area contributed by atoms with E-state index in [-0.39, 0.29) is 11.1 Å². The third-order valence-electron chi connectivity index (χ3n) is 2.71. The lowest BCUT2D eigenvalue weighted by atomic mass is 9.90. The van der Waals surface area contributed by atoms with Gasteiger partial charge in [0, 0.05) is 5.56 Å². The lowest BCUT2D eigenvalue weighted by Crippen LogP contribution is -2.28. The van der Waals surface area contributed by atoms with Crippen molar-refractivity contribution in [1.82, 2.24) is 0 Å². The molecule has 1 nitrogen and oxygen atoms in total. The quantitative estimate of drug-likeness (QED) is 0.764. The minimum absolute atomic E-state index is 0.00804. The van der Waals surface area contributed by atoms with Crippen molar-refractivity contribution in [2.75, 3.05) is 0 Å². The molecule has 0 bridgehead atoms. The molecule has 19 heavy (non-hydrogen) atoms. The Balaban J connectivity index is 2.43. The van der Waals surface area contributed by atoms with Crippen LogP contribution < -0.4 is 0 Å². The van der Waals surface area contributed by atoms with E-state index in [9.17, 15) is 18.0 Å². The summed E-state index contributed by atoms with van der Waals surface area (Å²) in [6, 6.07) is 15.5. The van der Waals surface area contributed by atoms with Crippen LogP contribution in [-0.2, 0) is 0 Å². The van der Waals surface area contributed by atoms with Crippen molar-refractivity contribution >= 4 is 5.78 Å². The van der Waals surface area contributed by atoms with Crippen LogP contribution in [0.1, 0.15) is 21.8 Å². The predicted molar refractivity (Wildman–Crippen MR) is 64.8 cm³/mol. The molecule has 0 aliphatic carbocycles.